The largest absolute Gasteiger partial charge is 0.352 e. The summed E-state index contributed by atoms with van der Waals surface area (Å²) in [5, 5.41) is 4.05. The van der Waals surface area contributed by atoms with Gasteiger partial charge in [0.1, 0.15) is 0 Å². The van der Waals surface area contributed by atoms with Crippen LogP contribution >= 0.6 is 11.3 Å². The lowest BCUT2D eigenvalue weighted by Crippen LogP contribution is -2.41. The van der Waals surface area contributed by atoms with Gasteiger partial charge in [-0.15, -0.1) is 0 Å². The zero-order valence-corrected chi connectivity index (χ0v) is 13.2. The SMILES string of the molecule is CN(CC(=O)NC1CCCCC1)c1nc2ccccc2s1. The number of hydrogen-bond acceptors (Lipinski definition) is 4. The normalized spacial score (nSPS) is 16.0. The lowest BCUT2D eigenvalue weighted by Gasteiger charge is -2.24. The highest BCUT2D eigenvalue weighted by Crippen LogP contribution is 2.27. The van der Waals surface area contributed by atoms with Crippen LogP contribution in [0.2, 0.25) is 0 Å². The second kappa shape index (κ2) is 6.43. The Morgan fingerprint density at radius 1 is 1.33 bits per heavy atom. The molecule has 0 spiro atoms. The number of rotatable bonds is 4. The zero-order valence-electron chi connectivity index (χ0n) is 12.3. The maximum absolute atomic E-state index is 12.1. The van der Waals surface area contributed by atoms with Gasteiger partial charge in [0.2, 0.25) is 5.91 Å². The third-order valence-electron chi connectivity index (χ3n) is 3.96. The third-order valence-corrected chi connectivity index (χ3v) is 5.11. The molecule has 0 atom stereocenters. The second-order valence-corrected chi connectivity index (χ2v) is 6.73. The molecule has 0 unspecified atom stereocenters. The molecule has 1 N–H and O–H groups in total. The number of likely N-dealkylation sites (N-methyl/N-ethyl adjacent to an activating group) is 1. The fraction of sp³-hybridized carbons (Fsp3) is 0.500. The van der Waals surface area contributed by atoms with Crippen LogP contribution in [0.4, 0.5) is 5.13 Å². The van der Waals surface area contributed by atoms with E-state index in [2.05, 4.69) is 16.4 Å². The predicted octanol–water partition coefficient (Wildman–Crippen LogP) is 3.18. The number of carbonyl (C=O) groups is 1. The van der Waals surface area contributed by atoms with Crippen LogP contribution in [0.15, 0.2) is 24.3 Å². The molecule has 1 aliphatic carbocycles. The van der Waals surface area contributed by atoms with Gasteiger partial charge >= 0.3 is 0 Å². The van der Waals surface area contributed by atoms with Crippen molar-refractivity contribution in [2.24, 2.45) is 0 Å². The van der Waals surface area contributed by atoms with E-state index < -0.39 is 0 Å². The van der Waals surface area contributed by atoms with Crippen LogP contribution in [0.25, 0.3) is 10.2 Å². The molecule has 1 aromatic heterocycles. The Bertz CT molecular complexity index is 586. The van der Waals surface area contributed by atoms with Crippen molar-refractivity contribution in [2.75, 3.05) is 18.5 Å². The second-order valence-electron chi connectivity index (χ2n) is 5.72. The maximum Gasteiger partial charge on any atom is 0.239 e. The van der Waals surface area contributed by atoms with Crippen LogP contribution in [0.3, 0.4) is 0 Å². The van der Waals surface area contributed by atoms with Gasteiger partial charge in [0.05, 0.1) is 16.8 Å². The number of para-hydroxylation sites is 1. The van der Waals surface area contributed by atoms with Crippen molar-refractivity contribution >= 4 is 32.6 Å². The van der Waals surface area contributed by atoms with E-state index in [0.29, 0.717) is 12.6 Å². The summed E-state index contributed by atoms with van der Waals surface area (Å²) in [6, 6.07) is 8.44. The van der Waals surface area contributed by atoms with E-state index in [4.69, 9.17) is 0 Å². The van der Waals surface area contributed by atoms with Crippen LogP contribution in [-0.4, -0.2) is 30.5 Å². The van der Waals surface area contributed by atoms with Gasteiger partial charge in [-0.2, -0.15) is 0 Å². The standard InChI is InChI=1S/C16H21N3OS/c1-19(11-15(20)17-12-7-3-2-4-8-12)16-18-13-9-5-6-10-14(13)21-16/h5-6,9-10,12H,2-4,7-8,11H2,1H3,(H,17,20). The summed E-state index contributed by atoms with van der Waals surface area (Å²) < 4.78 is 1.16. The van der Waals surface area contributed by atoms with Crippen molar-refractivity contribution in [3.63, 3.8) is 0 Å². The highest BCUT2D eigenvalue weighted by molar-refractivity contribution is 7.22. The molecule has 1 heterocycles. The molecule has 1 aliphatic rings. The molecule has 112 valence electrons. The van der Waals surface area contributed by atoms with Crippen LogP contribution in [-0.2, 0) is 4.79 Å². The molecular weight excluding hydrogens is 282 g/mol. The molecule has 1 amide bonds. The van der Waals surface area contributed by atoms with Gasteiger partial charge in [-0.05, 0) is 25.0 Å². The zero-order chi connectivity index (χ0) is 14.7. The van der Waals surface area contributed by atoms with Crippen molar-refractivity contribution in [2.45, 2.75) is 38.1 Å². The minimum atomic E-state index is 0.101. The molecule has 5 heteroatoms. The molecular formula is C16H21N3OS. The van der Waals surface area contributed by atoms with E-state index in [1.807, 2.05) is 30.1 Å². The van der Waals surface area contributed by atoms with E-state index in [-0.39, 0.29) is 5.91 Å². The number of thiazole rings is 1. The van der Waals surface area contributed by atoms with Crippen LogP contribution < -0.4 is 10.2 Å². The summed E-state index contributed by atoms with van der Waals surface area (Å²) in [5.41, 5.74) is 0.997. The number of carbonyl (C=O) groups excluding carboxylic acids is 1. The Hall–Kier alpha value is -1.62. The molecule has 0 bridgehead atoms. The fourth-order valence-electron chi connectivity index (χ4n) is 2.83. The first-order valence-electron chi connectivity index (χ1n) is 7.58. The van der Waals surface area contributed by atoms with Gasteiger partial charge in [-0.3, -0.25) is 4.79 Å². The Morgan fingerprint density at radius 2 is 2.10 bits per heavy atom. The summed E-state index contributed by atoms with van der Waals surface area (Å²) in [4.78, 5) is 18.6. The smallest absolute Gasteiger partial charge is 0.239 e. The van der Waals surface area contributed by atoms with E-state index in [1.165, 1.54) is 19.3 Å². The molecule has 1 fully saturated rings. The number of nitrogens with one attached hydrogen (secondary N) is 1. The molecule has 0 aliphatic heterocycles. The van der Waals surface area contributed by atoms with Crippen LogP contribution in [0.5, 0.6) is 0 Å². The maximum atomic E-state index is 12.1. The van der Waals surface area contributed by atoms with Gasteiger partial charge < -0.3 is 10.2 Å². The summed E-state index contributed by atoms with van der Waals surface area (Å²) >= 11 is 1.63. The Balaban J connectivity index is 1.59. The van der Waals surface area contributed by atoms with Crippen LogP contribution in [0.1, 0.15) is 32.1 Å². The highest BCUT2D eigenvalue weighted by Gasteiger charge is 2.17. The predicted molar refractivity (Wildman–Crippen MR) is 87.9 cm³/mol. The van der Waals surface area contributed by atoms with Crippen molar-refractivity contribution < 1.29 is 4.79 Å². The Morgan fingerprint density at radius 3 is 2.86 bits per heavy atom. The van der Waals surface area contributed by atoms with E-state index >= 15 is 0 Å². The topological polar surface area (TPSA) is 45.2 Å². The number of benzene rings is 1. The highest BCUT2D eigenvalue weighted by atomic mass is 32.1. The lowest BCUT2D eigenvalue weighted by molar-refractivity contribution is -0.120. The molecule has 4 nitrogen and oxygen atoms in total. The number of aromatic nitrogens is 1. The lowest BCUT2D eigenvalue weighted by atomic mass is 9.95. The Kier molecular flexibility index (Phi) is 4.39. The van der Waals surface area contributed by atoms with Crippen molar-refractivity contribution in [1.29, 1.82) is 0 Å². The van der Waals surface area contributed by atoms with Crippen molar-refractivity contribution in [3.05, 3.63) is 24.3 Å². The average molecular weight is 303 g/mol. The average Bonchev–Trinajstić information content (AvgIpc) is 2.92. The van der Waals surface area contributed by atoms with Gasteiger partial charge in [-0.25, -0.2) is 4.98 Å². The van der Waals surface area contributed by atoms with Crippen molar-refractivity contribution in [1.82, 2.24) is 10.3 Å². The minimum Gasteiger partial charge on any atom is -0.352 e. The molecule has 1 aromatic carbocycles. The van der Waals surface area contributed by atoms with Gasteiger partial charge in [0.15, 0.2) is 5.13 Å². The molecule has 0 saturated heterocycles. The van der Waals surface area contributed by atoms with Gasteiger partial charge in [0.25, 0.3) is 0 Å². The monoisotopic (exact) mass is 303 g/mol. The minimum absolute atomic E-state index is 0.101. The third kappa shape index (κ3) is 3.53. The quantitative estimate of drug-likeness (QED) is 0.943. The van der Waals surface area contributed by atoms with Crippen molar-refractivity contribution in [3.8, 4) is 0 Å². The van der Waals surface area contributed by atoms with Gasteiger partial charge in [0, 0.05) is 13.1 Å². The first-order chi connectivity index (χ1) is 10.2. The molecule has 21 heavy (non-hydrogen) atoms. The molecule has 0 radical (unpaired) electrons. The summed E-state index contributed by atoms with van der Waals surface area (Å²) in [6.07, 6.45) is 6.02. The molecule has 1 saturated carbocycles. The summed E-state index contributed by atoms with van der Waals surface area (Å²) in [5.74, 6) is 0.101. The van der Waals surface area contributed by atoms with Gasteiger partial charge in [-0.1, -0.05) is 42.7 Å². The van der Waals surface area contributed by atoms with E-state index in [1.54, 1.807) is 11.3 Å². The number of fused-ring (bicyclic) bond motifs is 1. The van der Waals surface area contributed by atoms with Crippen LogP contribution in [0, 0.1) is 0 Å². The fourth-order valence-corrected chi connectivity index (χ4v) is 3.75. The first-order valence-corrected chi connectivity index (χ1v) is 8.40. The Labute approximate surface area is 129 Å². The summed E-state index contributed by atoms with van der Waals surface area (Å²) in [6.45, 7) is 0.371. The number of anilines is 1. The number of nitrogens with zero attached hydrogens (tertiary/aromatic N) is 2. The number of hydrogen-bond donors (Lipinski definition) is 1. The molecule has 2 aromatic rings. The molecule has 3 rings (SSSR count). The van der Waals surface area contributed by atoms with E-state index in [0.717, 1.165) is 28.2 Å². The summed E-state index contributed by atoms with van der Waals surface area (Å²) in [7, 11) is 1.93. The van der Waals surface area contributed by atoms with E-state index in [9.17, 15) is 4.79 Å². The number of amides is 1. The first kappa shape index (κ1) is 14.3.